The van der Waals surface area contributed by atoms with Crippen molar-refractivity contribution in [2.45, 2.75) is 20.0 Å². The third-order valence-electron chi connectivity index (χ3n) is 2.68. The molecule has 21 heavy (non-hydrogen) atoms. The van der Waals surface area contributed by atoms with Gasteiger partial charge in [0.1, 0.15) is 5.75 Å². The molecule has 0 saturated carbocycles. The number of nitrogens with two attached hydrogens (primary N) is 1. The van der Waals surface area contributed by atoms with Crippen LogP contribution in [0, 0.1) is 0 Å². The van der Waals surface area contributed by atoms with E-state index in [0.29, 0.717) is 18.0 Å². The summed E-state index contributed by atoms with van der Waals surface area (Å²) in [7, 11) is 3.93. The molecule has 0 saturated heterocycles. The Kier molecular flexibility index (Phi) is 6.75. The number of carbonyl (C=O) groups is 1. The maximum absolute atomic E-state index is 11.6. The molecule has 1 aromatic carbocycles. The number of nitrogens with one attached hydrogen (secondary N) is 1. The molecule has 1 amide bonds. The van der Waals surface area contributed by atoms with Crippen molar-refractivity contribution in [1.29, 1.82) is 0 Å². The van der Waals surface area contributed by atoms with Gasteiger partial charge in [0.15, 0.2) is 0 Å². The van der Waals surface area contributed by atoms with Gasteiger partial charge in [-0.05, 0) is 51.7 Å². The Morgan fingerprint density at radius 3 is 2.71 bits per heavy atom. The summed E-state index contributed by atoms with van der Waals surface area (Å²) >= 11 is 0. The number of likely N-dealkylation sites (N-methyl/N-ethyl adjacent to an activating group) is 1. The maximum atomic E-state index is 11.6. The lowest BCUT2D eigenvalue weighted by Gasteiger charge is -2.12. The summed E-state index contributed by atoms with van der Waals surface area (Å²) in [5.41, 5.74) is 7.36. The number of benzene rings is 1. The van der Waals surface area contributed by atoms with Crippen molar-refractivity contribution in [3.8, 4) is 5.75 Å². The number of rotatable bonds is 7. The molecule has 116 valence electrons. The molecule has 0 atom stereocenters. The number of hydrogen-bond acceptors (Lipinski definition) is 4. The van der Waals surface area contributed by atoms with E-state index < -0.39 is 0 Å². The van der Waals surface area contributed by atoms with E-state index in [2.05, 4.69) is 5.32 Å². The minimum absolute atomic E-state index is 0.0798. The largest absolute Gasteiger partial charge is 0.489 e. The Bertz CT molecular complexity index is 496. The summed E-state index contributed by atoms with van der Waals surface area (Å²) in [6.07, 6.45) is 3.32. The molecule has 5 heteroatoms. The second kappa shape index (κ2) is 8.32. The third kappa shape index (κ3) is 6.81. The lowest BCUT2D eigenvalue weighted by molar-refractivity contribution is -0.116. The first-order valence-electron chi connectivity index (χ1n) is 7.05. The van der Waals surface area contributed by atoms with Gasteiger partial charge >= 0.3 is 0 Å². The average molecular weight is 291 g/mol. The minimum Gasteiger partial charge on any atom is -0.489 e. The first kappa shape index (κ1) is 17.0. The lowest BCUT2D eigenvalue weighted by Crippen LogP contribution is -2.30. The molecule has 0 aliphatic carbocycles. The monoisotopic (exact) mass is 291 g/mol. The van der Waals surface area contributed by atoms with E-state index in [-0.39, 0.29) is 12.0 Å². The van der Waals surface area contributed by atoms with Crippen LogP contribution >= 0.6 is 0 Å². The van der Waals surface area contributed by atoms with E-state index in [4.69, 9.17) is 10.5 Å². The van der Waals surface area contributed by atoms with Crippen LogP contribution in [0.25, 0.3) is 6.08 Å². The van der Waals surface area contributed by atoms with Gasteiger partial charge in [0.2, 0.25) is 5.91 Å². The Balaban J connectivity index is 2.56. The fraction of sp³-hybridized carbons (Fsp3) is 0.438. The maximum Gasteiger partial charge on any atom is 0.244 e. The van der Waals surface area contributed by atoms with Crippen LogP contribution in [0.1, 0.15) is 19.4 Å². The zero-order valence-corrected chi connectivity index (χ0v) is 13.2. The predicted molar refractivity (Wildman–Crippen MR) is 87.2 cm³/mol. The quantitative estimate of drug-likeness (QED) is 0.593. The van der Waals surface area contributed by atoms with Crippen molar-refractivity contribution in [1.82, 2.24) is 10.2 Å². The van der Waals surface area contributed by atoms with Crippen molar-refractivity contribution in [2.24, 2.45) is 0 Å². The van der Waals surface area contributed by atoms with Gasteiger partial charge in [-0.2, -0.15) is 0 Å². The van der Waals surface area contributed by atoms with E-state index in [1.165, 1.54) is 6.08 Å². The Labute approximate surface area is 126 Å². The summed E-state index contributed by atoms with van der Waals surface area (Å²) in [4.78, 5) is 13.6. The highest BCUT2D eigenvalue weighted by Gasteiger charge is 2.03. The number of hydrogen-bond donors (Lipinski definition) is 2. The zero-order chi connectivity index (χ0) is 15.8. The van der Waals surface area contributed by atoms with Crippen molar-refractivity contribution in [3.63, 3.8) is 0 Å². The van der Waals surface area contributed by atoms with Crippen LogP contribution in [0.2, 0.25) is 0 Å². The molecule has 0 aliphatic heterocycles. The lowest BCUT2D eigenvalue weighted by atomic mass is 10.1. The standard InChI is InChI=1S/C16H25N3O2/c1-12(2)21-15-7-5-13(11-14(15)17)6-8-16(20)18-9-10-19(3)4/h5-8,11-12H,9-10,17H2,1-4H3,(H,18,20)/b8-6-. The second-order valence-electron chi connectivity index (χ2n) is 5.39. The van der Waals surface area contributed by atoms with Crippen molar-refractivity contribution in [2.75, 3.05) is 32.9 Å². The van der Waals surface area contributed by atoms with Crippen LogP contribution in [0.5, 0.6) is 5.75 Å². The summed E-state index contributed by atoms with van der Waals surface area (Å²) in [6, 6.07) is 5.48. The highest BCUT2D eigenvalue weighted by molar-refractivity contribution is 5.91. The van der Waals surface area contributed by atoms with Gasteiger partial charge < -0.3 is 20.7 Å². The molecule has 0 unspecified atom stereocenters. The zero-order valence-electron chi connectivity index (χ0n) is 13.2. The van der Waals surface area contributed by atoms with E-state index >= 15 is 0 Å². The molecule has 5 nitrogen and oxygen atoms in total. The highest BCUT2D eigenvalue weighted by atomic mass is 16.5. The Hall–Kier alpha value is -2.01. The molecule has 1 aromatic rings. The van der Waals surface area contributed by atoms with E-state index in [0.717, 1.165) is 12.1 Å². The van der Waals surface area contributed by atoms with Crippen LogP contribution in [-0.4, -0.2) is 44.1 Å². The second-order valence-corrected chi connectivity index (χ2v) is 5.39. The highest BCUT2D eigenvalue weighted by Crippen LogP contribution is 2.24. The molecule has 0 radical (unpaired) electrons. The number of carbonyl (C=O) groups excluding carboxylic acids is 1. The van der Waals surface area contributed by atoms with Crippen molar-refractivity contribution < 1.29 is 9.53 Å². The first-order valence-corrected chi connectivity index (χ1v) is 7.05. The smallest absolute Gasteiger partial charge is 0.244 e. The molecule has 1 rings (SSSR count). The summed E-state index contributed by atoms with van der Waals surface area (Å²) in [5, 5.41) is 2.81. The van der Waals surface area contributed by atoms with Gasteiger partial charge in [-0.3, -0.25) is 4.79 Å². The van der Waals surface area contributed by atoms with Gasteiger partial charge in [0.05, 0.1) is 11.8 Å². The predicted octanol–water partition coefficient (Wildman–Crippen LogP) is 1.75. The van der Waals surface area contributed by atoms with Gasteiger partial charge in [0.25, 0.3) is 0 Å². The fourth-order valence-electron chi connectivity index (χ4n) is 1.67. The molecule has 0 bridgehead atoms. The molecular formula is C16H25N3O2. The van der Waals surface area contributed by atoms with Crippen LogP contribution in [0.3, 0.4) is 0 Å². The summed E-state index contributed by atoms with van der Waals surface area (Å²) < 4.78 is 5.57. The van der Waals surface area contributed by atoms with Crippen LogP contribution in [0.4, 0.5) is 5.69 Å². The first-order chi connectivity index (χ1) is 9.88. The molecule has 3 N–H and O–H groups in total. The number of amides is 1. The Morgan fingerprint density at radius 2 is 2.14 bits per heavy atom. The van der Waals surface area contributed by atoms with Crippen LogP contribution < -0.4 is 15.8 Å². The number of nitrogen functional groups attached to an aromatic ring is 1. The van der Waals surface area contributed by atoms with Gasteiger partial charge in [0, 0.05) is 19.2 Å². The van der Waals surface area contributed by atoms with Crippen molar-refractivity contribution in [3.05, 3.63) is 29.8 Å². The molecule has 0 aliphatic rings. The molecular weight excluding hydrogens is 266 g/mol. The SMILES string of the molecule is CC(C)Oc1ccc(/C=C\C(=O)NCCN(C)C)cc1N. The Morgan fingerprint density at radius 1 is 1.43 bits per heavy atom. The molecule has 0 fully saturated rings. The van der Waals surface area contributed by atoms with Gasteiger partial charge in [-0.25, -0.2) is 0 Å². The van der Waals surface area contributed by atoms with Crippen molar-refractivity contribution >= 4 is 17.7 Å². The van der Waals surface area contributed by atoms with E-state index in [1.54, 1.807) is 12.1 Å². The van der Waals surface area contributed by atoms with E-state index in [9.17, 15) is 4.79 Å². The third-order valence-corrected chi connectivity index (χ3v) is 2.68. The van der Waals surface area contributed by atoms with Gasteiger partial charge in [-0.15, -0.1) is 0 Å². The number of ether oxygens (including phenoxy) is 1. The summed E-state index contributed by atoms with van der Waals surface area (Å²) in [6.45, 7) is 5.34. The number of anilines is 1. The van der Waals surface area contributed by atoms with Crippen LogP contribution in [0.15, 0.2) is 24.3 Å². The number of nitrogens with zero attached hydrogens (tertiary/aromatic N) is 1. The fourth-order valence-corrected chi connectivity index (χ4v) is 1.67. The summed E-state index contributed by atoms with van der Waals surface area (Å²) in [5.74, 6) is 0.551. The molecule has 0 spiro atoms. The van der Waals surface area contributed by atoms with E-state index in [1.807, 2.05) is 45.0 Å². The van der Waals surface area contributed by atoms with Crippen LogP contribution in [-0.2, 0) is 4.79 Å². The minimum atomic E-state index is -0.113. The molecule has 0 aromatic heterocycles. The normalized spacial score (nSPS) is 11.3. The average Bonchev–Trinajstić information content (AvgIpc) is 2.38. The van der Waals surface area contributed by atoms with Gasteiger partial charge in [-0.1, -0.05) is 6.07 Å². The topological polar surface area (TPSA) is 67.6 Å². The molecule has 0 heterocycles.